The first-order valence-corrected chi connectivity index (χ1v) is 15.4. The second-order valence-corrected chi connectivity index (χ2v) is 14.0. The van der Waals surface area contributed by atoms with E-state index in [1.807, 2.05) is 69.3 Å². The molecule has 0 unspecified atom stereocenters. The highest BCUT2D eigenvalue weighted by molar-refractivity contribution is 7.78. The average Bonchev–Trinajstić information content (AvgIpc) is 3.42. The van der Waals surface area contributed by atoms with Crippen LogP contribution in [0.5, 0.6) is 11.5 Å². The zero-order valence-electron chi connectivity index (χ0n) is 23.7. The lowest BCUT2D eigenvalue weighted by Crippen LogP contribution is -2.22. The Kier molecular flexibility index (Phi) is 7.54. The first kappa shape index (κ1) is 28.2. The van der Waals surface area contributed by atoms with Crippen LogP contribution in [0, 0.1) is 12.7 Å². The van der Waals surface area contributed by atoms with E-state index in [0.717, 1.165) is 5.30 Å². The molecule has 9 heteroatoms. The second kappa shape index (κ2) is 10.9. The molecular formula is C32H32FN4O3P. The van der Waals surface area contributed by atoms with Crippen LogP contribution in [0.1, 0.15) is 31.9 Å². The number of amides is 1. The van der Waals surface area contributed by atoms with E-state index in [9.17, 15) is 9.36 Å². The van der Waals surface area contributed by atoms with Crippen molar-refractivity contribution in [3.63, 3.8) is 0 Å². The monoisotopic (exact) mass is 570 g/mol. The fourth-order valence-electron chi connectivity index (χ4n) is 4.55. The highest BCUT2D eigenvalue weighted by Gasteiger charge is 2.22. The molecule has 0 spiro atoms. The molecule has 1 amide bonds. The van der Waals surface area contributed by atoms with Gasteiger partial charge in [0.1, 0.15) is 24.5 Å². The summed E-state index contributed by atoms with van der Waals surface area (Å²) in [7, 11) is -2.86. The van der Waals surface area contributed by atoms with Crippen LogP contribution in [0.15, 0.2) is 85.3 Å². The molecule has 3 aromatic carbocycles. The van der Waals surface area contributed by atoms with Crippen LogP contribution in [0.4, 0.5) is 10.1 Å². The van der Waals surface area contributed by atoms with E-state index >= 15 is 4.39 Å². The molecule has 0 bridgehead atoms. The minimum atomic E-state index is -2.86. The maximum absolute atomic E-state index is 15.4. The minimum Gasteiger partial charge on any atom is -0.456 e. The Bertz CT molecular complexity index is 1790. The van der Waals surface area contributed by atoms with Gasteiger partial charge in [-0.2, -0.15) is 5.10 Å². The van der Waals surface area contributed by atoms with Crippen LogP contribution in [-0.4, -0.2) is 27.3 Å². The maximum atomic E-state index is 15.4. The van der Waals surface area contributed by atoms with Crippen LogP contribution in [0.25, 0.3) is 10.9 Å². The lowest BCUT2D eigenvalue weighted by molar-refractivity contribution is -0.115. The van der Waals surface area contributed by atoms with E-state index in [2.05, 4.69) is 15.4 Å². The molecule has 0 aliphatic rings. The van der Waals surface area contributed by atoms with Gasteiger partial charge in [-0.05, 0) is 70.3 Å². The van der Waals surface area contributed by atoms with Gasteiger partial charge in [-0.15, -0.1) is 0 Å². The van der Waals surface area contributed by atoms with Gasteiger partial charge in [0, 0.05) is 34.0 Å². The summed E-state index contributed by atoms with van der Waals surface area (Å²) >= 11 is 0. The number of anilines is 1. The highest BCUT2D eigenvalue weighted by atomic mass is 31.2. The van der Waals surface area contributed by atoms with Gasteiger partial charge in [0.05, 0.1) is 29.4 Å². The zero-order chi connectivity index (χ0) is 29.4. The average molecular weight is 571 g/mol. The highest BCUT2D eigenvalue weighted by Crippen LogP contribution is 2.40. The van der Waals surface area contributed by atoms with Gasteiger partial charge < -0.3 is 14.6 Å². The molecule has 7 nitrogen and oxygen atoms in total. The van der Waals surface area contributed by atoms with Crippen LogP contribution in [0.3, 0.4) is 0 Å². The third-order valence-corrected chi connectivity index (χ3v) is 9.52. The molecule has 2 aromatic heterocycles. The standard InChI is InChI=1S/C32H32FN4O3P/c1-21-28(14-11-22(31(21)33)17-30(38)36-23-19-35-37(20-23)32(2,3)4)40-29-15-16-34-27-13-12-25(18-26(27)29)41(5,39)24-9-7-6-8-10-24/h6-16,18-20H,17H2,1-5H3,(H,36,38)/t41-/m1/s1. The van der Waals surface area contributed by atoms with Gasteiger partial charge in [-0.3, -0.25) is 14.5 Å². The van der Waals surface area contributed by atoms with Gasteiger partial charge in [0.2, 0.25) is 5.91 Å². The largest absolute Gasteiger partial charge is 0.456 e. The minimum absolute atomic E-state index is 0.138. The summed E-state index contributed by atoms with van der Waals surface area (Å²) in [6, 6.07) is 19.7. The summed E-state index contributed by atoms with van der Waals surface area (Å²) in [4.78, 5) is 17.1. The Morgan fingerprint density at radius 1 is 1.02 bits per heavy atom. The summed E-state index contributed by atoms with van der Waals surface area (Å²) < 4.78 is 37.1. The van der Waals surface area contributed by atoms with Crippen molar-refractivity contribution in [2.24, 2.45) is 0 Å². The molecule has 41 heavy (non-hydrogen) atoms. The number of nitrogens with one attached hydrogen (secondary N) is 1. The fourth-order valence-corrected chi connectivity index (χ4v) is 6.32. The summed E-state index contributed by atoms with van der Waals surface area (Å²) in [5, 5.41) is 9.16. The molecule has 0 radical (unpaired) electrons. The third-order valence-electron chi connectivity index (χ3n) is 6.97. The third kappa shape index (κ3) is 5.93. The second-order valence-electron chi connectivity index (χ2n) is 11.1. The molecule has 0 aliphatic heterocycles. The molecule has 1 atom stereocenters. The van der Waals surface area contributed by atoms with Crippen LogP contribution >= 0.6 is 7.14 Å². The van der Waals surface area contributed by atoms with Gasteiger partial charge in [0.25, 0.3) is 0 Å². The van der Waals surface area contributed by atoms with Crippen molar-refractivity contribution in [3.8, 4) is 11.5 Å². The van der Waals surface area contributed by atoms with E-state index in [0.29, 0.717) is 33.4 Å². The van der Waals surface area contributed by atoms with Crippen LogP contribution < -0.4 is 20.7 Å². The van der Waals surface area contributed by atoms with E-state index in [4.69, 9.17) is 4.74 Å². The van der Waals surface area contributed by atoms with Gasteiger partial charge in [-0.1, -0.05) is 36.4 Å². The number of carbonyl (C=O) groups excluding carboxylic acids is 1. The number of carbonyl (C=O) groups is 1. The topological polar surface area (TPSA) is 86.1 Å². The number of hydrogen-bond donors (Lipinski definition) is 1. The molecule has 210 valence electrons. The number of pyridine rings is 1. The number of aromatic nitrogens is 3. The fraction of sp³-hybridized carbons (Fsp3) is 0.219. The molecule has 5 rings (SSSR count). The lowest BCUT2D eigenvalue weighted by atomic mass is 10.1. The molecule has 0 saturated carbocycles. The molecule has 1 N–H and O–H groups in total. The van der Waals surface area contributed by atoms with Gasteiger partial charge in [0.15, 0.2) is 0 Å². The number of ether oxygens (including phenoxy) is 1. The quantitative estimate of drug-likeness (QED) is 0.224. The summed E-state index contributed by atoms with van der Waals surface area (Å²) in [5.41, 5.74) is 1.53. The Morgan fingerprint density at radius 3 is 2.49 bits per heavy atom. The summed E-state index contributed by atoms with van der Waals surface area (Å²) in [6.45, 7) is 9.38. The molecule has 5 aromatic rings. The molecule has 0 fully saturated rings. The van der Waals surface area contributed by atoms with E-state index in [1.165, 1.54) is 0 Å². The van der Waals surface area contributed by atoms with Crippen molar-refractivity contribution < 1.29 is 18.5 Å². The van der Waals surface area contributed by atoms with Crippen molar-refractivity contribution >= 4 is 40.2 Å². The molecule has 0 aliphatic carbocycles. The zero-order valence-corrected chi connectivity index (χ0v) is 24.6. The number of rotatable bonds is 7. The lowest BCUT2D eigenvalue weighted by Gasteiger charge is -2.18. The van der Waals surface area contributed by atoms with Gasteiger partial charge in [-0.25, -0.2) is 4.39 Å². The predicted molar refractivity (Wildman–Crippen MR) is 162 cm³/mol. The van der Waals surface area contributed by atoms with Crippen molar-refractivity contribution in [1.82, 2.24) is 14.8 Å². The number of fused-ring (bicyclic) bond motifs is 1. The predicted octanol–water partition coefficient (Wildman–Crippen LogP) is 6.55. The Balaban J connectivity index is 1.38. The first-order chi connectivity index (χ1) is 19.4. The number of nitrogens with zero attached hydrogens (tertiary/aromatic N) is 3. The molecular weight excluding hydrogens is 538 g/mol. The van der Waals surface area contributed by atoms with Crippen molar-refractivity contribution in [2.45, 2.75) is 39.7 Å². The van der Waals surface area contributed by atoms with E-state index < -0.39 is 13.0 Å². The van der Waals surface area contributed by atoms with Crippen LogP contribution in [-0.2, 0) is 21.3 Å². The van der Waals surface area contributed by atoms with Crippen molar-refractivity contribution in [1.29, 1.82) is 0 Å². The maximum Gasteiger partial charge on any atom is 0.228 e. The van der Waals surface area contributed by atoms with Crippen molar-refractivity contribution in [2.75, 3.05) is 12.0 Å². The SMILES string of the molecule is Cc1c(Oc2ccnc3ccc([P@](C)(=O)c4ccccc4)cc23)ccc(CC(=O)Nc2cnn(C(C)(C)C)c2)c1F. The van der Waals surface area contributed by atoms with Crippen molar-refractivity contribution in [3.05, 3.63) is 102 Å². The summed E-state index contributed by atoms with van der Waals surface area (Å²) in [5.74, 6) is -0.0720. The Morgan fingerprint density at radius 2 is 1.78 bits per heavy atom. The van der Waals surface area contributed by atoms with E-state index in [1.54, 1.807) is 55.1 Å². The number of benzene rings is 3. The number of hydrogen-bond acceptors (Lipinski definition) is 5. The Labute approximate surface area is 238 Å². The summed E-state index contributed by atoms with van der Waals surface area (Å²) in [6.07, 6.45) is 4.80. The molecule has 2 heterocycles. The Hall–Kier alpha value is -4.29. The van der Waals surface area contributed by atoms with E-state index in [-0.39, 0.29) is 29.0 Å². The normalized spacial score (nSPS) is 13.1. The number of halogens is 1. The van der Waals surface area contributed by atoms with Crippen LogP contribution in [0.2, 0.25) is 0 Å². The first-order valence-electron chi connectivity index (χ1n) is 13.3. The smallest absolute Gasteiger partial charge is 0.228 e. The molecule has 0 saturated heterocycles. The van der Waals surface area contributed by atoms with Gasteiger partial charge >= 0.3 is 0 Å².